The summed E-state index contributed by atoms with van der Waals surface area (Å²) in [5.41, 5.74) is 0. The molecule has 0 aromatic carbocycles. The number of methoxy groups -OCH3 is 1. The fourth-order valence-electron chi connectivity index (χ4n) is 4.45. The summed E-state index contributed by atoms with van der Waals surface area (Å²) in [5.74, 6) is 0.327. The van der Waals surface area contributed by atoms with Crippen molar-refractivity contribution in [1.82, 2.24) is 0 Å². The Balaban J connectivity index is 1.49. The zero-order chi connectivity index (χ0) is 17.6. The monoisotopic (exact) mass is 370 g/mol. The maximum Gasteiger partial charge on any atom is 0.305 e. The summed E-state index contributed by atoms with van der Waals surface area (Å²) in [7, 11) is 1.44. The normalized spacial score (nSPS) is 38.1. The van der Waals surface area contributed by atoms with Crippen LogP contribution >= 0.6 is 11.8 Å². The Labute approximate surface area is 154 Å². The highest BCUT2D eigenvalue weighted by molar-refractivity contribution is 8.00. The molecule has 0 N–H and O–H groups in total. The number of thioether (sulfide) groups is 1. The molecule has 3 aliphatic rings. The second kappa shape index (κ2) is 9.38. The van der Waals surface area contributed by atoms with Crippen LogP contribution in [-0.2, 0) is 23.8 Å². The molecule has 6 atom stereocenters. The minimum absolute atomic E-state index is 0.0110. The number of esters is 1. The first-order valence-corrected chi connectivity index (χ1v) is 10.6. The van der Waals surface area contributed by atoms with E-state index >= 15 is 0 Å². The van der Waals surface area contributed by atoms with E-state index in [1.54, 1.807) is 0 Å². The lowest BCUT2D eigenvalue weighted by Gasteiger charge is -2.32. The summed E-state index contributed by atoms with van der Waals surface area (Å²) >= 11 is 2.01. The van der Waals surface area contributed by atoms with Crippen LogP contribution in [0, 0.1) is 11.8 Å². The zero-order valence-corrected chi connectivity index (χ0v) is 15.9. The second-order valence-corrected chi connectivity index (χ2v) is 8.97. The van der Waals surface area contributed by atoms with E-state index in [9.17, 15) is 9.59 Å². The Kier molecular flexibility index (Phi) is 7.19. The van der Waals surface area contributed by atoms with Gasteiger partial charge in [-0.25, -0.2) is 0 Å². The van der Waals surface area contributed by atoms with Gasteiger partial charge in [-0.15, -0.1) is 0 Å². The number of hydrogen-bond acceptors (Lipinski definition) is 6. The molecule has 1 aliphatic carbocycles. The summed E-state index contributed by atoms with van der Waals surface area (Å²) in [4.78, 5) is 22.9. The van der Waals surface area contributed by atoms with Crippen molar-refractivity contribution >= 4 is 24.0 Å². The van der Waals surface area contributed by atoms with Crippen LogP contribution < -0.4 is 0 Å². The van der Waals surface area contributed by atoms with Crippen LogP contribution in [0.1, 0.15) is 57.8 Å². The van der Waals surface area contributed by atoms with Crippen molar-refractivity contribution in [3.63, 3.8) is 0 Å². The molecule has 1 saturated carbocycles. The average Bonchev–Trinajstić information content (AvgIpc) is 2.98. The molecule has 25 heavy (non-hydrogen) atoms. The summed E-state index contributed by atoms with van der Waals surface area (Å²) in [5, 5.41) is 1.09. The van der Waals surface area contributed by atoms with Crippen LogP contribution in [0.2, 0.25) is 0 Å². The van der Waals surface area contributed by atoms with Crippen LogP contribution in [0.25, 0.3) is 0 Å². The molecule has 0 amide bonds. The van der Waals surface area contributed by atoms with Crippen molar-refractivity contribution in [2.75, 3.05) is 13.7 Å². The van der Waals surface area contributed by atoms with Crippen molar-refractivity contribution < 1.29 is 23.8 Å². The van der Waals surface area contributed by atoms with E-state index in [0.717, 1.165) is 64.3 Å². The van der Waals surface area contributed by atoms with E-state index in [1.165, 1.54) is 7.11 Å². The van der Waals surface area contributed by atoms with Gasteiger partial charge >= 0.3 is 5.97 Å². The quantitative estimate of drug-likeness (QED) is 0.506. The Bertz CT molecular complexity index is 451. The third kappa shape index (κ3) is 4.98. The van der Waals surface area contributed by atoms with Crippen LogP contribution in [0.4, 0.5) is 0 Å². The molecule has 2 heterocycles. The molecule has 6 heteroatoms. The minimum Gasteiger partial charge on any atom is -0.469 e. The summed E-state index contributed by atoms with van der Waals surface area (Å²) < 4.78 is 16.6. The lowest BCUT2D eigenvalue weighted by molar-refractivity contribution is -0.194. The minimum atomic E-state index is -0.124. The van der Waals surface area contributed by atoms with Crippen molar-refractivity contribution in [2.45, 2.75) is 80.7 Å². The largest absolute Gasteiger partial charge is 0.469 e. The van der Waals surface area contributed by atoms with E-state index in [4.69, 9.17) is 14.2 Å². The van der Waals surface area contributed by atoms with Gasteiger partial charge in [0.2, 0.25) is 0 Å². The van der Waals surface area contributed by atoms with E-state index < -0.39 is 0 Å². The molecule has 3 fully saturated rings. The molecule has 142 valence electrons. The van der Waals surface area contributed by atoms with Crippen LogP contribution in [0.5, 0.6) is 0 Å². The van der Waals surface area contributed by atoms with Gasteiger partial charge in [-0.2, -0.15) is 11.8 Å². The topological polar surface area (TPSA) is 61.8 Å². The third-order valence-corrected chi connectivity index (χ3v) is 7.56. The van der Waals surface area contributed by atoms with E-state index in [-0.39, 0.29) is 24.3 Å². The molecule has 2 aliphatic heterocycles. The lowest BCUT2D eigenvalue weighted by atomic mass is 9.89. The van der Waals surface area contributed by atoms with E-state index in [0.29, 0.717) is 22.8 Å². The van der Waals surface area contributed by atoms with E-state index in [2.05, 4.69) is 0 Å². The zero-order valence-electron chi connectivity index (χ0n) is 15.1. The predicted molar refractivity (Wildman–Crippen MR) is 96.4 cm³/mol. The van der Waals surface area contributed by atoms with Gasteiger partial charge in [-0.1, -0.05) is 0 Å². The lowest BCUT2D eigenvalue weighted by Crippen LogP contribution is -2.32. The number of fused-ring (bicyclic) bond motifs is 1. The van der Waals surface area contributed by atoms with Gasteiger partial charge in [-0.3, -0.25) is 4.79 Å². The summed E-state index contributed by atoms with van der Waals surface area (Å²) in [6.07, 6.45) is 9.81. The van der Waals surface area contributed by atoms with Gasteiger partial charge in [0.15, 0.2) is 6.29 Å². The number of carbonyl (C=O) groups is 2. The Hall–Kier alpha value is -0.590. The maximum atomic E-state index is 11.7. The Morgan fingerprint density at radius 2 is 2.16 bits per heavy atom. The third-order valence-electron chi connectivity index (χ3n) is 5.81. The number of aldehydes is 1. The van der Waals surface area contributed by atoms with Gasteiger partial charge < -0.3 is 19.0 Å². The summed E-state index contributed by atoms with van der Waals surface area (Å²) in [6.45, 7) is 0.771. The Morgan fingerprint density at radius 3 is 2.88 bits per heavy atom. The Morgan fingerprint density at radius 1 is 1.28 bits per heavy atom. The standard InChI is InChI=1S/C19H30O5S/c1-22-18(21)6-4-5-13-8-9-14-15(12-20)16(11-17(14)25-13)24-19-7-2-3-10-23-19/h12-17,19H,2-11H2,1H3/t13-,14+,15+,16+,17-,19?/m0/s1. The highest BCUT2D eigenvalue weighted by Gasteiger charge is 2.47. The molecule has 5 nitrogen and oxygen atoms in total. The van der Waals surface area contributed by atoms with Gasteiger partial charge in [0.25, 0.3) is 0 Å². The highest BCUT2D eigenvalue weighted by Crippen LogP contribution is 2.50. The second-order valence-electron chi connectivity index (χ2n) is 7.43. The molecule has 0 aromatic rings. The molecule has 0 bridgehead atoms. The number of ether oxygens (including phenoxy) is 3. The maximum absolute atomic E-state index is 11.7. The molecule has 0 radical (unpaired) electrons. The van der Waals surface area contributed by atoms with Crippen molar-refractivity contribution in [3.05, 3.63) is 0 Å². The van der Waals surface area contributed by atoms with Crippen molar-refractivity contribution in [2.24, 2.45) is 11.8 Å². The molecule has 0 spiro atoms. The highest BCUT2D eigenvalue weighted by atomic mass is 32.2. The molecule has 0 aromatic heterocycles. The molecule has 3 rings (SSSR count). The smallest absolute Gasteiger partial charge is 0.305 e. The fraction of sp³-hybridized carbons (Fsp3) is 0.895. The number of hydrogen-bond donors (Lipinski definition) is 0. The van der Waals surface area contributed by atoms with E-state index in [1.807, 2.05) is 11.8 Å². The van der Waals surface area contributed by atoms with Crippen LogP contribution in [0.3, 0.4) is 0 Å². The van der Waals surface area contributed by atoms with Crippen LogP contribution in [0.15, 0.2) is 0 Å². The molecule has 2 saturated heterocycles. The first-order chi connectivity index (χ1) is 12.2. The van der Waals surface area contributed by atoms with Crippen molar-refractivity contribution in [3.8, 4) is 0 Å². The molecule has 1 unspecified atom stereocenters. The van der Waals surface area contributed by atoms with Crippen LogP contribution in [-0.4, -0.2) is 48.9 Å². The predicted octanol–water partition coefficient (Wildman–Crippen LogP) is 3.34. The first-order valence-electron chi connectivity index (χ1n) is 9.66. The average molecular weight is 371 g/mol. The summed E-state index contributed by atoms with van der Waals surface area (Å²) in [6, 6.07) is 0. The number of carbonyl (C=O) groups excluding carboxylic acids is 2. The van der Waals surface area contributed by atoms with Gasteiger partial charge in [0, 0.05) is 29.4 Å². The van der Waals surface area contributed by atoms with Crippen molar-refractivity contribution in [1.29, 1.82) is 0 Å². The first kappa shape index (κ1) is 19.2. The molecular formula is C19H30O5S. The van der Waals surface area contributed by atoms with Gasteiger partial charge in [0.1, 0.15) is 6.29 Å². The SMILES string of the molecule is COC(=O)CCC[C@H]1CC[C@@H]2[C@@H](C=O)[C@H](OC3CCCCO3)C[C@@H]2S1. The number of rotatable bonds is 7. The molecular weight excluding hydrogens is 340 g/mol. The van der Waals surface area contributed by atoms with Gasteiger partial charge in [0.05, 0.1) is 13.2 Å². The fourth-order valence-corrected chi connectivity index (χ4v) is 6.34. The van der Waals surface area contributed by atoms with Gasteiger partial charge in [-0.05, 0) is 57.3 Å².